The normalized spacial score (nSPS) is 24.7. The average molecular weight is 400 g/mol. The number of carbonyl (C=O) groups excluding carboxylic acids is 1. The summed E-state index contributed by atoms with van der Waals surface area (Å²) in [5.41, 5.74) is 8.78. The van der Waals surface area contributed by atoms with Gasteiger partial charge < -0.3 is 20.9 Å². The van der Waals surface area contributed by atoms with Crippen molar-refractivity contribution in [3.63, 3.8) is 0 Å². The predicted octanol–water partition coefficient (Wildman–Crippen LogP) is 1.62. The smallest absolute Gasteiger partial charge is 0.223 e. The lowest BCUT2D eigenvalue weighted by Crippen LogP contribution is -2.48. The summed E-state index contributed by atoms with van der Waals surface area (Å²) in [6.07, 6.45) is 5.10. The molecule has 0 bridgehead atoms. The van der Waals surface area contributed by atoms with Gasteiger partial charge in [-0.05, 0) is 55.8 Å². The Morgan fingerprint density at radius 2 is 1.86 bits per heavy atom. The van der Waals surface area contributed by atoms with Gasteiger partial charge in [-0.15, -0.1) is 0 Å². The number of piperidine rings is 2. The van der Waals surface area contributed by atoms with E-state index in [0.29, 0.717) is 18.2 Å². The molecule has 0 spiro atoms. The molecule has 1 unspecified atom stereocenters. The summed E-state index contributed by atoms with van der Waals surface area (Å²) >= 11 is 0. The van der Waals surface area contributed by atoms with E-state index in [-0.39, 0.29) is 6.04 Å². The molecule has 160 valence electrons. The fourth-order valence-corrected chi connectivity index (χ4v) is 4.90. The topological polar surface area (TPSA) is 64.8 Å². The summed E-state index contributed by atoms with van der Waals surface area (Å²) in [5, 5.41) is 3.53. The second kappa shape index (κ2) is 9.92. The Balaban J connectivity index is 1.23. The quantitative estimate of drug-likeness (QED) is 0.788. The number of piperazine rings is 1. The predicted molar refractivity (Wildman–Crippen MR) is 118 cm³/mol. The van der Waals surface area contributed by atoms with Crippen molar-refractivity contribution in [2.75, 3.05) is 63.8 Å². The molecule has 3 saturated heterocycles. The van der Waals surface area contributed by atoms with Crippen LogP contribution < -0.4 is 16.0 Å². The van der Waals surface area contributed by atoms with E-state index in [9.17, 15) is 4.79 Å². The second-order valence-corrected chi connectivity index (χ2v) is 8.94. The molecule has 6 nitrogen and oxygen atoms in total. The van der Waals surface area contributed by atoms with E-state index >= 15 is 0 Å². The van der Waals surface area contributed by atoms with E-state index in [1.807, 2.05) is 4.90 Å². The zero-order valence-electron chi connectivity index (χ0n) is 17.7. The molecular weight excluding hydrogens is 362 g/mol. The van der Waals surface area contributed by atoms with Gasteiger partial charge in [-0.3, -0.25) is 9.69 Å². The Morgan fingerprint density at radius 3 is 2.59 bits per heavy atom. The fraction of sp³-hybridized carbons (Fsp3) is 0.696. The first-order chi connectivity index (χ1) is 14.2. The number of nitrogens with zero attached hydrogens (tertiary/aromatic N) is 3. The standard InChI is InChI=1S/C23H37N5O/c24-21-6-11-28(12-7-21)23(29)8-10-26-13-15-27(16-14-26)22-5-1-3-19(17-22)20-4-2-9-25-18-20/h1,3,5,17,20-21,25H,2,4,6-16,18,24H2. The highest BCUT2D eigenvalue weighted by atomic mass is 16.2. The van der Waals surface area contributed by atoms with E-state index in [1.165, 1.54) is 24.1 Å². The Bertz CT molecular complexity index is 659. The van der Waals surface area contributed by atoms with Crippen LogP contribution in [0.15, 0.2) is 24.3 Å². The molecule has 0 aliphatic carbocycles. The molecule has 29 heavy (non-hydrogen) atoms. The molecule has 3 aliphatic heterocycles. The van der Waals surface area contributed by atoms with Gasteiger partial charge in [0.2, 0.25) is 5.91 Å². The van der Waals surface area contributed by atoms with E-state index in [2.05, 4.69) is 39.4 Å². The lowest BCUT2D eigenvalue weighted by Gasteiger charge is -2.37. The maximum atomic E-state index is 12.5. The minimum absolute atomic E-state index is 0.278. The third-order valence-electron chi connectivity index (χ3n) is 6.91. The SMILES string of the molecule is NC1CCN(C(=O)CCN2CCN(c3cccc(C4CCCNC4)c3)CC2)CC1. The maximum absolute atomic E-state index is 12.5. The van der Waals surface area contributed by atoms with Crippen molar-refractivity contribution in [2.45, 2.75) is 44.1 Å². The van der Waals surface area contributed by atoms with Crippen molar-refractivity contribution in [3.05, 3.63) is 29.8 Å². The van der Waals surface area contributed by atoms with Crippen molar-refractivity contribution in [1.82, 2.24) is 15.1 Å². The highest BCUT2D eigenvalue weighted by molar-refractivity contribution is 5.76. The number of carbonyl (C=O) groups is 1. The van der Waals surface area contributed by atoms with Crippen LogP contribution in [0.3, 0.4) is 0 Å². The lowest BCUT2D eigenvalue weighted by atomic mass is 9.91. The summed E-state index contributed by atoms with van der Waals surface area (Å²) in [4.78, 5) is 19.4. The van der Waals surface area contributed by atoms with Crippen LogP contribution in [-0.2, 0) is 4.79 Å². The second-order valence-electron chi connectivity index (χ2n) is 8.94. The zero-order valence-corrected chi connectivity index (χ0v) is 17.7. The first-order valence-corrected chi connectivity index (χ1v) is 11.5. The number of benzene rings is 1. The monoisotopic (exact) mass is 399 g/mol. The molecule has 3 N–H and O–H groups in total. The number of hydrogen-bond donors (Lipinski definition) is 2. The molecule has 6 heteroatoms. The van der Waals surface area contributed by atoms with Crippen LogP contribution >= 0.6 is 0 Å². The number of nitrogens with one attached hydrogen (secondary N) is 1. The third kappa shape index (κ3) is 5.50. The summed E-state index contributed by atoms with van der Waals surface area (Å²) in [7, 11) is 0. The van der Waals surface area contributed by atoms with Gasteiger partial charge in [0, 0.05) is 70.5 Å². The molecule has 1 aromatic rings. The number of likely N-dealkylation sites (tertiary alicyclic amines) is 1. The Labute approximate surface area is 175 Å². The lowest BCUT2D eigenvalue weighted by molar-refractivity contribution is -0.132. The highest BCUT2D eigenvalue weighted by Crippen LogP contribution is 2.27. The highest BCUT2D eigenvalue weighted by Gasteiger charge is 2.23. The third-order valence-corrected chi connectivity index (χ3v) is 6.91. The molecule has 0 radical (unpaired) electrons. The van der Waals surface area contributed by atoms with Crippen molar-refractivity contribution < 1.29 is 4.79 Å². The van der Waals surface area contributed by atoms with Crippen LogP contribution in [0, 0.1) is 0 Å². The Morgan fingerprint density at radius 1 is 1.07 bits per heavy atom. The van der Waals surface area contributed by atoms with Crippen molar-refractivity contribution in [3.8, 4) is 0 Å². The van der Waals surface area contributed by atoms with Crippen LogP contribution in [0.1, 0.15) is 43.6 Å². The number of rotatable bonds is 5. The largest absolute Gasteiger partial charge is 0.369 e. The van der Waals surface area contributed by atoms with Gasteiger partial charge in [-0.2, -0.15) is 0 Å². The molecule has 1 atom stereocenters. The summed E-state index contributed by atoms with van der Waals surface area (Å²) in [6, 6.07) is 9.43. The van der Waals surface area contributed by atoms with E-state index in [1.54, 1.807) is 0 Å². The number of nitrogens with two attached hydrogens (primary N) is 1. The van der Waals surface area contributed by atoms with Gasteiger partial charge in [0.05, 0.1) is 0 Å². The number of amides is 1. The first kappa shape index (κ1) is 20.6. The maximum Gasteiger partial charge on any atom is 0.223 e. The van der Waals surface area contributed by atoms with Crippen molar-refractivity contribution >= 4 is 11.6 Å². The van der Waals surface area contributed by atoms with Crippen LogP contribution in [0.2, 0.25) is 0 Å². The van der Waals surface area contributed by atoms with E-state index < -0.39 is 0 Å². The number of hydrogen-bond acceptors (Lipinski definition) is 5. The summed E-state index contributed by atoms with van der Waals surface area (Å²) < 4.78 is 0. The fourth-order valence-electron chi connectivity index (χ4n) is 4.90. The van der Waals surface area contributed by atoms with Gasteiger partial charge in [0.1, 0.15) is 0 Å². The summed E-state index contributed by atoms with van der Waals surface area (Å²) in [6.45, 7) is 8.96. The van der Waals surface area contributed by atoms with Crippen LogP contribution in [0.4, 0.5) is 5.69 Å². The van der Waals surface area contributed by atoms with Gasteiger partial charge in [0.15, 0.2) is 0 Å². The molecule has 1 aromatic carbocycles. The molecule has 3 aliphatic rings. The summed E-state index contributed by atoms with van der Waals surface area (Å²) in [5.74, 6) is 0.952. The van der Waals surface area contributed by atoms with Gasteiger partial charge in [0.25, 0.3) is 0 Å². The molecule has 4 rings (SSSR count). The van der Waals surface area contributed by atoms with Gasteiger partial charge in [-0.1, -0.05) is 12.1 Å². The van der Waals surface area contributed by atoms with Crippen molar-refractivity contribution in [2.24, 2.45) is 5.73 Å². The van der Waals surface area contributed by atoms with Crippen LogP contribution in [0.25, 0.3) is 0 Å². The zero-order chi connectivity index (χ0) is 20.1. The molecular formula is C23H37N5O. The molecule has 3 fully saturated rings. The molecule has 1 amide bonds. The Kier molecular flexibility index (Phi) is 7.06. The molecule has 0 saturated carbocycles. The Hall–Kier alpha value is -1.63. The van der Waals surface area contributed by atoms with Crippen LogP contribution in [0.5, 0.6) is 0 Å². The van der Waals surface area contributed by atoms with E-state index in [4.69, 9.17) is 5.73 Å². The van der Waals surface area contributed by atoms with Crippen molar-refractivity contribution in [1.29, 1.82) is 0 Å². The number of anilines is 1. The van der Waals surface area contributed by atoms with Crippen LogP contribution in [-0.4, -0.2) is 80.7 Å². The molecule has 3 heterocycles. The minimum atomic E-state index is 0.278. The average Bonchev–Trinajstić information content (AvgIpc) is 2.79. The first-order valence-electron chi connectivity index (χ1n) is 11.5. The van der Waals surface area contributed by atoms with E-state index in [0.717, 1.165) is 71.7 Å². The molecule has 0 aromatic heterocycles. The van der Waals surface area contributed by atoms with Gasteiger partial charge >= 0.3 is 0 Å². The minimum Gasteiger partial charge on any atom is -0.369 e. The van der Waals surface area contributed by atoms with Gasteiger partial charge in [-0.25, -0.2) is 0 Å².